The van der Waals surface area contributed by atoms with Gasteiger partial charge < -0.3 is 19.5 Å². The molecular formula is C27H27ClFN5O4S. The lowest BCUT2D eigenvalue weighted by Crippen LogP contribution is -2.50. The van der Waals surface area contributed by atoms with Crippen LogP contribution in [0.5, 0.6) is 0 Å². The monoisotopic (exact) mass is 571 g/mol. The maximum atomic E-state index is 15.4. The predicted octanol–water partition coefficient (Wildman–Crippen LogP) is 5.86. The summed E-state index contributed by atoms with van der Waals surface area (Å²) in [5.74, 6) is -0.881. The maximum Gasteiger partial charge on any atom is 0.408 e. The van der Waals surface area contributed by atoms with E-state index in [-0.39, 0.29) is 29.6 Å². The molecule has 0 radical (unpaired) electrons. The standard InChI is InChI=1S/C27H27ClFN5O4S/c1-26(2,3)37-25(36)31-19-13-39-21-11-18(29)17(22-32-24(38-33-22)27(4,5)14-30)10-20(21)34(23(19)35)12-15-6-8-16(28)9-7-15/h6-11,19H,12-13H2,1-5H3,(H,31,36)/t19-/m0/s1. The number of thioether (sulfide) groups is 1. The van der Waals surface area contributed by atoms with Crippen LogP contribution in [0.2, 0.25) is 5.02 Å². The van der Waals surface area contributed by atoms with Crippen LogP contribution in [0, 0.1) is 17.1 Å². The molecule has 4 rings (SSSR count). The summed E-state index contributed by atoms with van der Waals surface area (Å²) in [5, 5.41) is 16.5. The van der Waals surface area contributed by atoms with Crippen molar-refractivity contribution in [3.05, 3.63) is 58.7 Å². The van der Waals surface area contributed by atoms with Gasteiger partial charge in [-0.3, -0.25) is 4.79 Å². The van der Waals surface area contributed by atoms with Gasteiger partial charge in [0.2, 0.25) is 11.7 Å². The highest BCUT2D eigenvalue weighted by atomic mass is 35.5. The second kappa shape index (κ2) is 10.9. The number of anilines is 1. The molecule has 12 heteroatoms. The maximum absolute atomic E-state index is 15.4. The third-order valence-electron chi connectivity index (χ3n) is 5.74. The molecule has 1 aliphatic rings. The van der Waals surface area contributed by atoms with E-state index in [1.165, 1.54) is 28.8 Å². The van der Waals surface area contributed by atoms with Gasteiger partial charge in [0.25, 0.3) is 5.91 Å². The van der Waals surface area contributed by atoms with Gasteiger partial charge in [0, 0.05) is 15.7 Å². The highest BCUT2D eigenvalue weighted by Gasteiger charge is 2.35. The summed E-state index contributed by atoms with van der Waals surface area (Å²) in [6.07, 6.45) is -0.731. The average molecular weight is 572 g/mol. The fourth-order valence-electron chi connectivity index (χ4n) is 3.72. The molecule has 2 heterocycles. The molecular weight excluding hydrogens is 545 g/mol. The fraction of sp³-hybridized carbons (Fsp3) is 0.370. The summed E-state index contributed by atoms with van der Waals surface area (Å²) < 4.78 is 26.0. The van der Waals surface area contributed by atoms with E-state index >= 15 is 4.39 Å². The number of amides is 2. The van der Waals surface area contributed by atoms with Crippen molar-refractivity contribution >= 4 is 41.1 Å². The number of fused-ring (bicyclic) bond motifs is 1. The van der Waals surface area contributed by atoms with E-state index in [0.717, 1.165) is 5.56 Å². The van der Waals surface area contributed by atoms with E-state index < -0.39 is 34.9 Å². The molecule has 0 aliphatic carbocycles. The zero-order valence-corrected chi connectivity index (χ0v) is 23.6. The molecule has 2 aromatic carbocycles. The number of halogens is 2. The molecule has 0 spiro atoms. The number of carbonyl (C=O) groups is 2. The molecule has 39 heavy (non-hydrogen) atoms. The quantitative estimate of drug-likeness (QED) is 0.404. The summed E-state index contributed by atoms with van der Waals surface area (Å²) in [6.45, 7) is 8.52. The SMILES string of the molecule is CC(C)(C)OC(=O)N[C@H]1CSc2cc(F)c(-c3noc(C(C)(C)C#N)n3)cc2N(Cc2ccc(Cl)cc2)C1=O. The first-order chi connectivity index (χ1) is 18.3. The third-order valence-corrected chi connectivity index (χ3v) is 7.13. The molecule has 1 aromatic heterocycles. The Hall–Kier alpha value is -3.62. The first-order valence-electron chi connectivity index (χ1n) is 12.0. The minimum Gasteiger partial charge on any atom is -0.444 e. The van der Waals surface area contributed by atoms with Gasteiger partial charge in [0.1, 0.15) is 22.9 Å². The lowest BCUT2D eigenvalue weighted by atomic mass is 9.96. The molecule has 1 aliphatic heterocycles. The van der Waals surface area contributed by atoms with Crippen LogP contribution in [0.25, 0.3) is 11.4 Å². The average Bonchev–Trinajstić information content (AvgIpc) is 3.32. The first-order valence-corrected chi connectivity index (χ1v) is 13.4. The van der Waals surface area contributed by atoms with Crippen LogP contribution in [0.15, 0.2) is 45.8 Å². The zero-order chi connectivity index (χ0) is 28.5. The first kappa shape index (κ1) is 28.4. The van der Waals surface area contributed by atoms with Crippen molar-refractivity contribution in [3.8, 4) is 17.5 Å². The minimum atomic E-state index is -1.07. The Morgan fingerprint density at radius 3 is 2.62 bits per heavy atom. The number of nitriles is 1. The van der Waals surface area contributed by atoms with Crippen molar-refractivity contribution < 1.29 is 23.2 Å². The van der Waals surface area contributed by atoms with Crippen molar-refractivity contribution in [1.29, 1.82) is 5.26 Å². The Bertz CT molecular complexity index is 1450. The zero-order valence-electron chi connectivity index (χ0n) is 22.0. The van der Waals surface area contributed by atoms with E-state index in [0.29, 0.717) is 15.6 Å². The van der Waals surface area contributed by atoms with Gasteiger partial charge in [0.05, 0.1) is 23.9 Å². The van der Waals surface area contributed by atoms with Crippen LogP contribution in [0.1, 0.15) is 46.1 Å². The van der Waals surface area contributed by atoms with Crippen molar-refractivity contribution in [3.63, 3.8) is 0 Å². The molecule has 0 fully saturated rings. The van der Waals surface area contributed by atoms with Gasteiger partial charge in [-0.25, -0.2) is 9.18 Å². The van der Waals surface area contributed by atoms with Gasteiger partial charge in [-0.1, -0.05) is 28.9 Å². The predicted molar refractivity (Wildman–Crippen MR) is 145 cm³/mol. The Kier molecular flexibility index (Phi) is 7.91. The van der Waals surface area contributed by atoms with E-state index in [1.807, 2.05) is 0 Å². The highest BCUT2D eigenvalue weighted by Crippen LogP contribution is 2.40. The lowest BCUT2D eigenvalue weighted by Gasteiger charge is -2.27. The Morgan fingerprint density at radius 1 is 1.28 bits per heavy atom. The van der Waals surface area contributed by atoms with E-state index in [9.17, 15) is 14.9 Å². The molecule has 0 bridgehead atoms. The van der Waals surface area contributed by atoms with Crippen molar-refractivity contribution in [2.75, 3.05) is 10.7 Å². The number of hydrogen-bond acceptors (Lipinski definition) is 8. The topological polar surface area (TPSA) is 121 Å². The number of alkyl carbamates (subject to hydrolysis) is 1. The molecule has 1 atom stereocenters. The normalized spacial score (nSPS) is 15.8. The van der Waals surface area contributed by atoms with Crippen molar-refractivity contribution in [1.82, 2.24) is 15.5 Å². The van der Waals surface area contributed by atoms with Gasteiger partial charge in [-0.15, -0.1) is 11.8 Å². The van der Waals surface area contributed by atoms with Crippen LogP contribution in [-0.4, -0.2) is 39.5 Å². The number of rotatable bonds is 5. The van der Waals surface area contributed by atoms with Gasteiger partial charge in [-0.2, -0.15) is 10.2 Å². The molecule has 3 aromatic rings. The van der Waals surface area contributed by atoms with Crippen LogP contribution in [0.3, 0.4) is 0 Å². The van der Waals surface area contributed by atoms with E-state index in [1.54, 1.807) is 58.9 Å². The second-order valence-electron chi connectivity index (χ2n) is 10.5. The van der Waals surface area contributed by atoms with Crippen molar-refractivity contribution in [2.45, 2.75) is 63.1 Å². The Labute approximate surface area is 234 Å². The number of benzene rings is 2. The summed E-state index contributed by atoms with van der Waals surface area (Å²) in [7, 11) is 0. The van der Waals surface area contributed by atoms with Crippen molar-refractivity contribution in [2.24, 2.45) is 0 Å². The Morgan fingerprint density at radius 2 is 1.97 bits per heavy atom. The van der Waals surface area contributed by atoms with Crippen LogP contribution in [0.4, 0.5) is 14.9 Å². The number of hydrogen-bond donors (Lipinski definition) is 1. The van der Waals surface area contributed by atoms with Crippen LogP contribution in [-0.2, 0) is 21.5 Å². The number of nitrogens with zero attached hydrogens (tertiary/aromatic N) is 4. The molecule has 0 unspecified atom stereocenters. The van der Waals surface area contributed by atoms with Crippen LogP contribution >= 0.6 is 23.4 Å². The molecule has 0 saturated carbocycles. The van der Waals surface area contributed by atoms with Crippen LogP contribution < -0.4 is 10.2 Å². The fourth-order valence-corrected chi connectivity index (χ4v) is 4.92. The molecule has 0 saturated heterocycles. The summed E-state index contributed by atoms with van der Waals surface area (Å²) in [6, 6.07) is 10.9. The largest absolute Gasteiger partial charge is 0.444 e. The molecule has 1 N–H and O–H groups in total. The molecule has 9 nitrogen and oxygen atoms in total. The molecule has 2 amide bonds. The highest BCUT2D eigenvalue weighted by molar-refractivity contribution is 7.99. The number of ether oxygens (including phenoxy) is 1. The van der Waals surface area contributed by atoms with E-state index in [2.05, 4.69) is 21.5 Å². The van der Waals surface area contributed by atoms with Gasteiger partial charge >= 0.3 is 6.09 Å². The number of nitrogens with one attached hydrogen (secondary N) is 1. The van der Waals surface area contributed by atoms with E-state index in [4.69, 9.17) is 20.9 Å². The minimum absolute atomic E-state index is 0.00514. The van der Waals surface area contributed by atoms with Gasteiger partial charge in [-0.05, 0) is 64.4 Å². The van der Waals surface area contributed by atoms with Gasteiger partial charge in [0.15, 0.2) is 0 Å². The summed E-state index contributed by atoms with van der Waals surface area (Å²) in [5.41, 5.74) is -0.634. The summed E-state index contributed by atoms with van der Waals surface area (Å²) >= 11 is 7.27. The third kappa shape index (κ3) is 6.52. The molecule has 204 valence electrons. The second-order valence-corrected chi connectivity index (χ2v) is 12.0. The Balaban J connectivity index is 1.75. The smallest absolute Gasteiger partial charge is 0.408 e. The number of aromatic nitrogens is 2. The number of carbonyl (C=O) groups excluding carboxylic acids is 2. The summed E-state index contributed by atoms with van der Waals surface area (Å²) in [4.78, 5) is 32.6. The lowest BCUT2D eigenvalue weighted by molar-refractivity contribution is -0.120.